The molecule has 1 heterocycles. The van der Waals surface area contributed by atoms with E-state index in [1.807, 2.05) is 36.9 Å². The van der Waals surface area contributed by atoms with Gasteiger partial charge in [-0.15, -0.1) is 0 Å². The Kier molecular flexibility index (Phi) is 9.24. The molecule has 5 heteroatoms. The number of carbonyl (C=O) groups excluding carboxylic acids is 1. The average Bonchev–Trinajstić information content (AvgIpc) is 3.27. The Morgan fingerprint density at radius 3 is 2.26 bits per heavy atom. The minimum atomic E-state index is 0.0937. The predicted octanol–water partition coefficient (Wildman–Crippen LogP) is 6.67. The van der Waals surface area contributed by atoms with Crippen LogP contribution in [0, 0.1) is 13.8 Å². The summed E-state index contributed by atoms with van der Waals surface area (Å²) in [5, 5.41) is 4.79. The molecular formula is C33H42N4O. The molecule has 0 aliphatic heterocycles. The molecule has 0 radical (unpaired) electrons. The summed E-state index contributed by atoms with van der Waals surface area (Å²) < 4.78 is 0. The molecule has 0 aliphatic carbocycles. The molecule has 38 heavy (non-hydrogen) atoms. The van der Waals surface area contributed by atoms with Crippen molar-refractivity contribution in [1.82, 2.24) is 15.2 Å². The van der Waals surface area contributed by atoms with Crippen molar-refractivity contribution < 1.29 is 4.79 Å². The van der Waals surface area contributed by atoms with E-state index in [4.69, 9.17) is 5.73 Å². The van der Waals surface area contributed by atoms with Crippen molar-refractivity contribution >= 4 is 22.5 Å². The van der Waals surface area contributed by atoms with Crippen LogP contribution >= 0.6 is 0 Å². The maximum Gasteiger partial charge on any atom is 0.253 e. The first-order chi connectivity index (χ1) is 18.4. The third-order valence-corrected chi connectivity index (χ3v) is 7.31. The quantitative estimate of drug-likeness (QED) is 0.147. The van der Waals surface area contributed by atoms with E-state index in [9.17, 15) is 4.79 Å². The molecule has 0 fully saturated rings. The molecule has 1 amide bonds. The minimum Gasteiger partial charge on any atom is -0.399 e. The van der Waals surface area contributed by atoms with Crippen LogP contribution in [0.2, 0.25) is 0 Å². The molecule has 4 N–H and O–H groups in total. The van der Waals surface area contributed by atoms with Crippen molar-refractivity contribution in [2.75, 3.05) is 31.9 Å². The number of aromatic nitrogens is 1. The fourth-order valence-electron chi connectivity index (χ4n) is 5.30. The van der Waals surface area contributed by atoms with Crippen LogP contribution in [-0.2, 0) is 12.8 Å². The maximum atomic E-state index is 13.1. The van der Waals surface area contributed by atoms with E-state index < -0.39 is 0 Å². The van der Waals surface area contributed by atoms with Crippen molar-refractivity contribution in [3.8, 4) is 11.3 Å². The number of nitrogens with one attached hydrogen (secondary N) is 2. The minimum absolute atomic E-state index is 0.0937. The number of hydrogen-bond acceptors (Lipinski definition) is 3. The van der Waals surface area contributed by atoms with Gasteiger partial charge >= 0.3 is 0 Å². The van der Waals surface area contributed by atoms with Crippen molar-refractivity contribution in [1.29, 1.82) is 0 Å². The van der Waals surface area contributed by atoms with Crippen LogP contribution in [0.15, 0.2) is 60.7 Å². The van der Waals surface area contributed by atoms with Crippen LogP contribution in [0.4, 0.5) is 5.69 Å². The van der Waals surface area contributed by atoms with Gasteiger partial charge in [-0.1, -0.05) is 29.3 Å². The number of benzene rings is 3. The lowest BCUT2D eigenvalue weighted by atomic mass is 9.98. The summed E-state index contributed by atoms with van der Waals surface area (Å²) in [4.78, 5) is 18.7. The number of unbranched alkanes of at least 4 members (excludes halogenated alkanes) is 1. The number of nitrogen functional groups attached to an aromatic ring is 1. The zero-order valence-electron chi connectivity index (χ0n) is 23.4. The number of amides is 1. The summed E-state index contributed by atoms with van der Waals surface area (Å²) in [5.74, 6) is 0.0937. The molecule has 5 nitrogen and oxygen atoms in total. The summed E-state index contributed by atoms with van der Waals surface area (Å²) in [5.41, 5.74) is 15.9. The van der Waals surface area contributed by atoms with Crippen molar-refractivity contribution in [3.05, 3.63) is 88.5 Å². The Balaban J connectivity index is 1.50. The molecule has 0 atom stereocenters. The third-order valence-electron chi connectivity index (χ3n) is 7.31. The highest BCUT2D eigenvalue weighted by atomic mass is 16.2. The Hall–Kier alpha value is -3.57. The van der Waals surface area contributed by atoms with Gasteiger partial charge in [0.15, 0.2) is 0 Å². The second-order valence-corrected chi connectivity index (χ2v) is 10.3. The fourth-order valence-corrected chi connectivity index (χ4v) is 5.30. The number of anilines is 1. The largest absolute Gasteiger partial charge is 0.399 e. The number of nitrogens with two attached hydrogens (primary N) is 1. The highest BCUT2D eigenvalue weighted by molar-refractivity contribution is 6.00. The molecule has 200 valence electrons. The molecule has 0 aliphatic rings. The lowest BCUT2D eigenvalue weighted by molar-refractivity contribution is 0.0773. The number of carbonyl (C=O) groups is 1. The number of nitrogens with zero attached hydrogens (tertiary/aromatic N) is 1. The zero-order chi connectivity index (χ0) is 27.1. The number of H-pyrrole nitrogens is 1. The molecule has 0 spiro atoms. The molecule has 3 aromatic carbocycles. The zero-order valence-corrected chi connectivity index (χ0v) is 23.4. The molecule has 4 rings (SSSR count). The molecule has 0 bridgehead atoms. The van der Waals surface area contributed by atoms with Gasteiger partial charge in [-0.05, 0) is 126 Å². The van der Waals surface area contributed by atoms with Gasteiger partial charge in [0.25, 0.3) is 5.91 Å². The topological polar surface area (TPSA) is 74.2 Å². The Morgan fingerprint density at radius 1 is 0.868 bits per heavy atom. The van der Waals surface area contributed by atoms with Crippen LogP contribution < -0.4 is 11.1 Å². The first-order valence-corrected chi connectivity index (χ1v) is 14.0. The van der Waals surface area contributed by atoms with E-state index in [1.54, 1.807) is 0 Å². The second-order valence-electron chi connectivity index (χ2n) is 10.3. The summed E-state index contributed by atoms with van der Waals surface area (Å²) >= 11 is 0. The Morgan fingerprint density at radius 2 is 1.58 bits per heavy atom. The number of fused-ring (bicyclic) bond motifs is 1. The third kappa shape index (κ3) is 6.65. The average molecular weight is 511 g/mol. The number of aryl methyl sites for hydroxylation is 3. The maximum absolute atomic E-state index is 13.1. The van der Waals surface area contributed by atoms with Gasteiger partial charge in [0.05, 0.1) is 0 Å². The highest BCUT2D eigenvalue weighted by Crippen LogP contribution is 2.32. The SMILES string of the molecule is CCN(CC)C(=O)c1ccc2[nH]c(-c3cc(C)cc(C)c3)c(CCNCCCCc3ccc(N)cc3)c2c1. The second kappa shape index (κ2) is 12.8. The smallest absolute Gasteiger partial charge is 0.253 e. The molecule has 0 saturated carbocycles. The molecule has 0 saturated heterocycles. The van der Waals surface area contributed by atoms with E-state index in [0.29, 0.717) is 13.1 Å². The van der Waals surface area contributed by atoms with Crippen LogP contribution in [0.3, 0.4) is 0 Å². The van der Waals surface area contributed by atoms with Gasteiger partial charge in [0.1, 0.15) is 0 Å². The Labute approximate surface area is 227 Å². The van der Waals surface area contributed by atoms with Gasteiger partial charge in [0.2, 0.25) is 0 Å². The van der Waals surface area contributed by atoms with Gasteiger partial charge in [-0.25, -0.2) is 0 Å². The molecule has 0 unspecified atom stereocenters. The number of hydrogen-bond donors (Lipinski definition) is 3. The van der Waals surface area contributed by atoms with E-state index in [1.165, 1.54) is 27.8 Å². The summed E-state index contributed by atoms with van der Waals surface area (Å²) in [6.07, 6.45) is 4.24. The van der Waals surface area contributed by atoms with Crippen LogP contribution in [-0.4, -0.2) is 42.0 Å². The van der Waals surface area contributed by atoms with Gasteiger partial charge in [-0.2, -0.15) is 0 Å². The van der Waals surface area contributed by atoms with Crippen molar-refractivity contribution in [2.24, 2.45) is 0 Å². The van der Waals surface area contributed by atoms with Gasteiger partial charge in [0, 0.05) is 40.9 Å². The summed E-state index contributed by atoms with van der Waals surface area (Å²) in [6, 6.07) is 21.0. The lowest BCUT2D eigenvalue weighted by Crippen LogP contribution is -2.30. The Bertz CT molecular complexity index is 1350. The van der Waals surface area contributed by atoms with E-state index in [-0.39, 0.29) is 5.91 Å². The van der Waals surface area contributed by atoms with E-state index in [2.05, 4.69) is 66.6 Å². The standard InChI is InChI=1S/C33H42N4O/c1-5-37(6-2)33(38)26-12-15-31-30(22-26)29(32(36-31)27-20-23(3)19-24(4)21-27)16-18-35-17-8-7-9-25-10-13-28(34)14-11-25/h10-15,19-22,35-36H,5-9,16-18,34H2,1-4H3. The first kappa shape index (κ1) is 27.5. The van der Waals surface area contributed by atoms with Crippen molar-refractivity contribution in [3.63, 3.8) is 0 Å². The van der Waals surface area contributed by atoms with E-state index >= 15 is 0 Å². The van der Waals surface area contributed by atoms with Gasteiger partial charge in [-0.3, -0.25) is 4.79 Å². The molecule has 1 aromatic heterocycles. The normalized spacial score (nSPS) is 11.3. The fraction of sp³-hybridized carbons (Fsp3) is 0.364. The first-order valence-electron chi connectivity index (χ1n) is 14.0. The van der Waals surface area contributed by atoms with Crippen LogP contribution in [0.5, 0.6) is 0 Å². The van der Waals surface area contributed by atoms with Crippen molar-refractivity contribution in [2.45, 2.75) is 53.4 Å². The number of aromatic amines is 1. The molecular weight excluding hydrogens is 468 g/mol. The lowest BCUT2D eigenvalue weighted by Gasteiger charge is -2.18. The predicted molar refractivity (Wildman–Crippen MR) is 161 cm³/mol. The van der Waals surface area contributed by atoms with E-state index in [0.717, 1.165) is 66.6 Å². The van der Waals surface area contributed by atoms with Gasteiger partial charge < -0.3 is 20.9 Å². The monoisotopic (exact) mass is 510 g/mol. The van der Waals surface area contributed by atoms with Crippen LogP contribution in [0.25, 0.3) is 22.2 Å². The van der Waals surface area contributed by atoms with Crippen LogP contribution in [0.1, 0.15) is 59.3 Å². The summed E-state index contributed by atoms with van der Waals surface area (Å²) in [7, 11) is 0. The molecule has 4 aromatic rings. The highest BCUT2D eigenvalue weighted by Gasteiger charge is 2.18. The number of rotatable bonds is 12. The summed E-state index contributed by atoms with van der Waals surface area (Å²) in [6.45, 7) is 11.6.